The van der Waals surface area contributed by atoms with E-state index in [1.54, 1.807) is 20.1 Å². The Hall–Kier alpha value is -2.83. The number of hydrogen-bond acceptors (Lipinski definition) is 9. The number of piperazine rings is 1. The Kier molecular flexibility index (Phi) is 5.07. The molecule has 4 rings (SSSR count). The summed E-state index contributed by atoms with van der Waals surface area (Å²) in [5.41, 5.74) is 6.94. The number of rotatable bonds is 4. The van der Waals surface area contributed by atoms with Gasteiger partial charge >= 0.3 is 0 Å². The van der Waals surface area contributed by atoms with Crippen LogP contribution in [0.25, 0.3) is 15.5 Å². The molecule has 0 saturated carbocycles. The largest absolute Gasteiger partial charge is 0.354 e. The molecule has 1 fully saturated rings. The summed E-state index contributed by atoms with van der Waals surface area (Å²) >= 11 is 1.31. The molecule has 0 spiro atoms. The first-order valence-electron chi connectivity index (χ1n) is 8.88. The highest BCUT2D eigenvalue weighted by atomic mass is 32.1. The Bertz CT molecular complexity index is 1090. The highest BCUT2D eigenvalue weighted by Crippen LogP contribution is 2.26. The van der Waals surface area contributed by atoms with Crippen LogP contribution in [-0.4, -0.2) is 66.1 Å². The topological polar surface area (TPSA) is 131 Å². The summed E-state index contributed by atoms with van der Waals surface area (Å²) < 4.78 is 1.33. The summed E-state index contributed by atoms with van der Waals surface area (Å²) in [7, 11) is 1.78. The number of carbonyl (C=O) groups is 1. The van der Waals surface area contributed by atoms with E-state index in [1.807, 2.05) is 0 Å². The van der Waals surface area contributed by atoms with Crippen molar-refractivity contribution in [1.29, 1.82) is 0 Å². The van der Waals surface area contributed by atoms with Gasteiger partial charge in [-0.15, -0.1) is 0 Å². The molecule has 1 aliphatic heterocycles. The number of pyridine rings is 1. The van der Waals surface area contributed by atoms with Gasteiger partial charge in [-0.05, 0) is 6.07 Å². The van der Waals surface area contributed by atoms with Crippen LogP contribution in [0.1, 0.15) is 0 Å². The number of nitrogens with one attached hydrogen (secondary N) is 2. The summed E-state index contributed by atoms with van der Waals surface area (Å²) in [5, 5.41) is 11.0. The minimum Gasteiger partial charge on any atom is -0.354 e. The van der Waals surface area contributed by atoms with Crippen molar-refractivity contribution in [3.05, 3.63) is 28.8 Å². The first-order chi connectivity index (χ1) is 13.6. The van der Waals surface area contributed by atoms with Crippen molar-refractivity contribution in [2.45, 2.75) is 0 Å². The normalized spacial score (nSPS) is 14.4. The Labute approximate surface area is 165 Å². The molecule has 0 aliphatic carbocycles. The second-order valence-electron chi connectivity index (χ2n) is 6.42. The molecule has 1 aliphatic rings. The van der Waals surface area contributed by atoms with E-state index in [4.69, 9.17) is 10.7 Å². The number of nitrogens with zero attached hydrogens (tertiary/aromatic N) is 5. The maximum atomic E-state index is 12.8. The van der Waals surface area contributed by atoms with Crippen molar-refractivity contribution < 1.29 is 4.79 Å². The number of aromatic nitrogens is 4. The van der Waals surface area contributed by atoms with E-state index in [0.29, 0.717) is 32.5 Å². The Balaban J connectivity index is 1.74. The monoisotopic (exact) mass is 398 g/mol. The minimum absolute atomic E-state index is 0.112. The van der Waals surface area contributed by atoms with Crippen molar-refractivity contribution >= 4 is 47.0 Å². The molecule has 0 bridgehead atoms. The molecule has 10 nitrogen and oxygen atoms in total. The fourth-order valence-electron chi connectivity index (χ4n) is 3.05. The Morgan fingerprint density at radius 1 is 1.36 bits per heavy atom. The number of fused-ring (bicyclic) bond motifs is 1. The maximum absolute atomic E-state index is 12.8. The zero-order chi connectivity index (χ0) is 19.7. The van der Waals surface area contributed by atoms with E-state index in [-0.39, 0.29) is 18.0 Å². The van der Waals surface area contributed by atoms with Crippen molar-refractivity contribution in [3.63, 3.8) is 0 Å². The van der Waals surface area contributed by atoms with Crippen LogP contribution in [0.2, 0.25) is 0 Å². The van der Waals surface area contributed by atoms with E-state index in [0.717, 1.165) is 26.2 Å². The lowest BCUT2D eigenvalue weighted by molar-refractivity contribution is -0.114. The van der Waals surface area contributed by atoms with Gasteiger partial charge in [0.15, 0.2) is 7.85 Å². The first kappa shape index (κ1) is 18.5. The van der Waals surface area contributed by atoms with E-state index in [2.05, 4.69) is 25.6 Å². The van der Waals surface area contributed by atoms with E-state index < -0.39 is 0 Å². The molecule has 3 aromatic heterocycles. The number of nitrogens with two attached hydrogens (primary N) is 1. The second-order valence-corrected chi connectivity index (χ2v) is 7.37. The smallest absolute Gasteiger partial charge is 0.270 e. The summed E-state index contributed by atoms with van der Waals surface area (Å²) in [4.78, 5) is 35.8. The van der Waals surface area contributed by atoms with Gasteiger partial charge in [0.05, 0.1) is 18.4 Å². The quantitative estimate of drug-likeness (QED) is 0.422. The van der Waals surface area contributed by atoms with Gasteiger partial charge < -0.3 is 21.3 Å². The van der Waals surface area contributed by atoms with Gasteiger partial charge in [0.2, 0.25) is 10.9 Å². The molecule has 28 heavy (non-hydrogen) atoms. The van der Waals surface area contributed by atoms with Crippen LogP contribution in [0, 0.1) is 0 Å². The van der Waals surface area contributed by atoms with Crippen LogP contribution >= 0.6 is 11.3 Å². The second kappa shape index (κ2) is 7.66. The van der Waals surface area contributed by atoms with Crippen LogP contribution in [0.3, 0.4) is 0 Å². The van der Waals surface area contributed by atoms with E-state index in [1.165, 1.54) is 22.0 Å². The highest BCUT2D eigenvalue weighted by Gasteiger charge is 2.20. The first-order valence-corrected chi connectivity index (χ1v) is 9.70. The van der Waals surface area contributed by atoms with Crippen LogP contribution < -0.4 is 32.3 Å². The third-order valence-electron chi connectivity index (χ3n) is 4.48. The number of anilines is 2. The van der Waals surface area contributed by atoms with Crippen LogP contribution in [0.15, 0.2) is 23.3 Å². The van der Waals surface area contributed by atoms with Crippen molar-refractivity contribution in [1.82, 2.24) is 24.9 Å². The molecule has 0 radical (unpaired) electrons. The van der Waals surface area contributed by atoms with Gasteiger partial charge in [0.1, 0.15) is 10.8 Å². The Morgan fingerprint density at radius 3 is 2.89 bits per heavy atom. The molecule has 4 N–H and O–H groups in total. The van der Waals surface area contributed by atoms with Gasteiger partial charge in [-0.3, -0.25) is 14.6 Å². The predicted molar refractivity (Wildman–Crippen MR) is 111 cm³/mol. The molecule has 4 heterocycles. The summed E-state index contributed by atoms with van der Waals surface area (Å²) in [6.45, 7) is 3.23. The lowest BCUT2D eigenvalue weighted by Crippen LogP contribution is -2.48. The Morgan fingerprint density at radius 2 is 2.14 bits per heavy atom. The van der Waals surface area contributed by atoms with Gasteiger partial charge in [0, 0.05) is 43.4 Å². The standard InChI is InChI=1S/C16H19BN8O2S/c17-12-13(24-3-1-19-2-4-24)22-16-25(15(12)27)23-14(28-16)9-5-10(8-20-7-9)21-11(26)6-18/h5,7-8,19H,1-4,6,17-18H2,(H,21,26). The van der Waals surface area contributed by atoms with Crippen molar-refractivity contribution in [2.75, 3.05) is 42.9 Å². The van der Waals surface area contributed by atoms with E-state index in [9.17, 15) is 9.59 Å². The molecular weight excluding hydrogens is 379 g/mol. The zero-order valence-corrected chi connectivity index (χ0v) is 16.1. The van der Waals surface area contributed by atoms with Gasteiger partial charge in [-0.1, -0.05) is 11.3 Å². The van der Waals surface area contributed by atoms with Crippen molar-refractivity contribution in [3.8, 4) is 10.6 Å². The molecule has 0 unspecified atom stereocenters. The molecule has 0 aromatic carbocycles. The zero-order valence-electron chi connectivity index (χ0n) is 15.3. The van der Waals surface area contributed by atoms with E-state index >= 15 is 0 Å². The molecular formula is C16H19BN8O2S. The van der Waals surface area contributed by atoms with Crippen LogP contribution in [-0.2, 0) is 4.79 Å². The molecule has 0 atom stereocenters. The average Bonchev–Trinajstić information content (AvgIpc) is 3.16. The minimum atomic E-state index is -0.308. The maximum Gasteiger partial charge on any atom is 0.270 e. The third kappa shape index (κ3) is 3.49. The van der Waals surface area contributed by atoms with Gasteiger partial charge in [0.25, 0.3) is 5.56 Å². The summed E-state index contributed by atoms with van der Waals surface area (Å²) in [6.07, 6.45) is 3.16. The number of carbonyl (C=O) groups excluding carboxylic acids is 1. The van der Waals surface area contributed by atoms with Gasteiger partial charge in [-0.25, -0.2) is 4.98 Å². The molecule has 144 valence electrons. The SMILES string of the molecule is Bc1c(N2CCNCC2)nc2sc(-c3cncc(NC(=O)CN)c3)nn2c1=O. The highest BCUT2D eigenvalue weighted by molar-refractivity contribution is 7.19. The van der Waals surface area contributed by atoms with Crippen LogP contribution in [0.5, 0.6) is 0 Å². The van der Waals surface area contributed by atoms with Crippen LogP contribution in [0.4, 0.5) is 11.5 Å². The fraction of sp³-hybridized carbons (Fsp3) is 0.312. The number of amides is 1. The number of hydrogen-bond donors (Lipinski definition) is 3. The molecule has 12 heteroatoms. The lowest BCUT2D eigenvalue weighted by Gasteiger charge is -2.29. The summed E-state index contributed by atoms with van der Waals surface area (Å²) in [5.74, 6) is 0.404. The third-order valence-corrected chi connectivity index (χ3v) is 5.44. The predicted octanol–water partition coefficient (Wildman–Crippen LogP) is -2.22. The molecule has 1 saturated heterocycles. The molecule has 3 aromatic rings. The summed E-state index contributed by atoms with van der Waals surface area (Å²) in [6, 6.07) is 1.74. The average molecular weight is 398 g/mol. The van der Waals surface area contributed by atoms with Crippen molar-refractivity contribution in [2.24, 2.45) is 5.73 Å². The lowest BCUT2D eigenvalue weighted by atomic mass is 9.98. The fourth-order valence-corrected chi connectivity index (χ4v) is 3.92. The van der Waals surface area contributed by atoms with Gasteiger partial charge in [-0.2, -0.15) is 9.61 Å². The molecule has 1 amide bonds.